The van der Waals surface area contributed by atoms with Gasteiger partial charge >= 0.3 is 0 Å². The van der Waals surface area contributed by atoms with Gasteiger partial charge in [-0.25, -0.2) is 13.2 Å². The number of pyridine rings is 1. The Hall–Kier alpha value is -3.72. The lowest BCUT2D eigenvalue weighted by Crippen LogP contribution is -2.41. The van der Waals surface area contributed by atoms with Crippen LogP contribution in [0.3, 0.4) is 0 Å². The number of carbonyl (C=O) groups is 1. The van der Waals surface area contributed by atoms with Gasteiger partial charge < -0.3 is 11.1 Å². The zero-order valence-electron chi connectivity index (χ0n) is 27.8. The maximum atomic E-state index is 15.0. The zero-order chi connectivity index (χ0) is 33.5. The maximum Gasteiger partial charge on any atom is 0.273 e. The summed E-state index contributed by atoms with van der Waals surface area (Å²) < 4.78 is 45.2. The van der Waals surface area contributed by atoms with E-state index in [1.54, 1.807) is 12.1 Å². The number of nitrogens with two attached hydrogens (primary N) is 1. The highest BCUT2D eigenvalue weighted by Gasteiger charge is 2.49. The molecule has 2 fully saturated rings. The van der Waals surface area contributed by atoms with Gasteiger partial charge in [0.05, 0.1) is 11.6 Å². The molecule has 3 aromatic rings. The number of halogens is 3. The average molecular weight is 636 g/mol. The normalized spacial score (nSPS) is 22.8. The van der Waals surface area contributed by atoms with Gasteiger partial charge in [-0.15, -0.1) is 0 Å². The zero-order valence-corrected chi connectivity index (χ0v) is 27.8. The van der Waals surface area contributed by atoms with E-state index in [2.05, 4.69) is 41.9 Å². The quantitative estimate of drug-likeness (QED) is 0.300. The van der Waals surface area contributed by atoms with Crippen LogP contribution in [0, 0.1) is 30.0 Å². The van der Waals surface area contributed by atoms with Crippen LogP contribution < -0.4 is 11.1 Å². The van der Waals surface area contributed by atoms with E-state index in [4.69, 9.17) is 0 Å². The number of hydrogen-bond acceptors (Lipinski definition) is 5. The average Bonchev–Trinajstić information content (AvgIpc) is 3.73. The summed E-state index contributed by atoms with van der Waals surface area (Å²) in [5, 5.41) is 7.35. The molecule has 3 N–H and O–H groups in total. The minimum atomic E-state index is -3.06. The van der Waals surface area contributed by atoms with Crippen LogP contribution in [0.15, 0.2) is 77.9 Å². The smallest absolute Gasteiger partial charge is 0.273 e. The summed E-state index contributed by atoms with van der Waals surface area (Å²) in [5.41, 5.74) is 8.24. The largest absolute Gasteiger partial charge is 0.356 e. The molecular formula is C37H48F3N5O. The summed E-state index contributed by atoms with van der Waals surface area (Å²) in [6.07, 6.45) is 12.9. The molecule has 7 rings (SSSR count). The van der Waals surface area contributed by atoms with Crippen LogP contribution in [0.4, 0.5) is 18.9 Å². The van der Waals surface area contributed by atoms with Crippen molar-refractivity contribution in [2.24, 2.45) is 23.0 Å². The van der Waals surface area contributed by atoms with Crippen LogP contribution in [-0.2, 0) is 12.5 Å². The van der Waals surface area contributed by atoms with Crippen molar-refractivity contribution in [3.63, 3.8) is 0 Å². The molecule has 2 atom stereocenters. The molecule has 46 heavy (non-hydrogen) atoms. The van der Waals surface area contributed by atoms with Gasteiger partial charge in [-0.3, -0.25) is 14.5 Å². The van der Waals surface area contributed by atoms with Crippen molar-refractivity contribution in [3.8, 4) is 0 Å². The lowest BCUT2D eigenvalue weighted by Gasteiger charge is -2.45. The molecule has 0 amide bonds. The topological polar surface area (TPSA) is 85.8 Å². The van der Waals surface area contributed by atoms with Crippen LogP contribution in [-0.4, -0.2) is 27.6 Å². The van der Waals surface area contributed by atoms with E-state index in [1.807, 2.05) is 30.1 Å². The van der Waals surface area contributed by atoms with E-state index < -0.39 is 11.3 Å². The minimum absolute atomic E-state index is 0.123. The van der Waals surface area contributed by atoms with Crippen LogP contribution >= 0.6 is 0 Å². The number of aryl methyl sites for hydroxylation is 2. The third-order valence-electron chi connectivity index (χ3n) is 9.10. The molecule has 2 heterocycles. The predicted molar refractivity (Wildman–Crippen MR) is 178 cm³/mol. The van der Waals surface area contributed by atoms with Crippen LogP contribution in [0.2, 0.25) is 0 Å². The molecule has 2 aromatic heterocycles. The maximum absolute atomic E-state index is 15.0. The second-order valence-corrected chi connectivity index (χ2v) is 12.9. The summed E-state index contributed by atoms with van der Waals surface area (Å²) in [7, 11) is 1.50. The van der Waals surface area contributed by atoms with Crippen molar-refractivity contribution in [2.45, 2.75) is 91.5 Å². The van der Waals surface area contributed by atoms with Gasteiger partial charge in [-0.05, 0) is 118 Å². The fourth-order valence-corrected chi connectivity index (χ4v) is 6.24. The number of ketones is 1. The van der Waals surface area contributed by atoms with E-state index in [-0.39, 0.29) is 35.7 Å². The first-order valence-electron chi connectivity index (χ1n) is 16.4. The number of benzene rings is 1. The Kier molecular flexibility index (Phi) is 11.6. The number of allylic oxidation sites excluding steroid dienone is 3. The number of nitrogens with one attached hydrogen (secondary N) is 1. The third kappa shape index (κ3) is 8.55. The number of hydrogen-bond donors (Lipinski definition) is 2. The molecule has 0 radical (unpaired) electrons. The highest BCUT2D eigenvalue weighted by molar-refractivity contribution is 6.02. The van der Waals surface area contributed by atoms with Crippen LogP contribution in [0.25, 0.3) is 0 Å². The standard InChI is InChI=1S/C26H25F3N2O.C6H10N2.C4H8.CH5N/c1-16-2-3-18-12-22(31-21-6-4-20(27)5-7-21)17-8-10-26(28,29)19-9-11-30-23(13-19)24(32)25(18,14-16)15-17;1-3-8-5-6(2)4-7-8;1-4-2-3-4;1-2/h4-7,9,11-13,16,31H,2-3,8,10,14-15H2,1H3;4-5H,3H2,1-2H3;4H,2-3H2,1H3;2H2,1H3/t16-,25+;;;/m0.../s1. The van der Waals surface area contributed by atoms with Crippen molar-refractivity contribution in [1.29, 1.82) is 0 Å². The number of carbonyl (C=O) groups excluding carboxylic acids is 1. The van der Waals surface area contributed by atoms with Gasteiger partial charge in [0.1, 0.15) is 11.5 Å². The molecule has 6 nitrogen and oxygen atoms in total. The predicted octanol–water partition coefficient (Wildman–Crippen LogP) is 8.99. The summed E-state index contributed by atoms with van der Waals surface area (Å²) >= 11 is 0. The second-order valence-electron chi connectivity index (χ2n) is 12.9. The Balaban J connectivity index is 0.000000284. The first-order chi connectivity index (χ1) is 22.0. The van der Waals surface area contributed by atoms with Gasteiger partial charge in [0.15, 0.2) is 5.78 Å². The Labute approximate surface area is 271 Å². The monoisotopic (exact) mass is 635 g/mol. The van der Waals surface area contributed by atoms with E-state index in [0.29, 0.717) is 24.4 Å². The summed E-state index contributed by atoms with van der Waals surface area (Å²) in [5.74, 6) is -2.11. The fourth-order valence-electron chi connectivity index (χ4n) is 6.24. The summed E-state index contributed by atoms with van der Waals surface area (Å²) in [4.78, 5) is 18.0. The van der Waals surface area contributed by atoms with E-state index >= 15 is 0 Å². The lowest BCUT2D eigenvalue weighted by molar-refractivity contribution is -0.0139. The molecular weight excluding hydrogens is 587 g/mol. The number of anilines is 1. The number of rotatable bonds is 3. The molecule has 1 spiro atoms. The van der Waals surface area contributed by atoms with Crippen LogP contribution in [0.1, 0.15) is 93.8 Å². The molecule has 0 aliphatic heterocycles. The minimum Gasteiger partial charge on any atom is -0.356 e. The van der Waals surface area contributed by atoms with Gasteiger partial charge in [-0.1, -0.05) is 32.3 Å². The highest BCUT2D eigenvalue weighted by Crippen LogP contribution is 2.54. The number of aromatic nitrogens is 3. The van der Waals surface area contributed by atoms with E-state index in [9.17, 15) is 18.0 Å². The summed E-state index contributed by atoms with van der Waals surface area (Å²) in [6, 6.07) is 8.56. The molecule has 0 saturated heterocycles. The fraction of sp³-hybridized carbons (Fsp3) is 0.486. The van der Waals surface area contributed by atoms with Crippen molar-refractivity contribution in [2.75, 3.05) is 12.4 Å². The van der Waals surface area contributed by atoms with Crippen molar-refractivity contribution >= 4 is 11.5 Å². The molecule has 2 saturated carbocycles. The Morgan fingerprint density at radius 1 is 1.04 bits per heavy atom. The third-order valence-corrected chi connectivity index (χ3v) is 9.10. The second kappa shape index (κ2) is 15.2. The molecule has 4 bridgehead atoms. The van der Waals surface area contributed by atoms with Gasteiger partial charge in [-0.2, -0.15) is 5.10 Å². The molecule has 1 aromatic carbocycles. The first-order valence-corrected chi connectivity index (χ1v) is 16.4. The lowest BCUT2D eigenvalue weighted by atomic mass is 9.58. The number of alkyl halides is 2. The van der Waals surface area contributed by atoms with E-state index in [0.717, 1.165) is 42.1 Å². The van der Waals surface area contributed by atoms with Gasteiger partial charge in [0, 0.05) is 42.3 Å². The number of fused-ring (bicyclic) bond motifs is 3. The molecule has 0 unspecified atom stereocenters. The van der Waals surface area contributed by atoms with Crippen molar-refractivity contribution < 1.29 is 18.0 Å². The summed E-state index contributed by atoms with van der Waals surface area (Å²) in [6.45, 7) is 9.50. The van der Waals surface area contributed by atoms with Gasteiger partial charge in [0.2, 0.25) is 0 Å². The van der Waals surface area contributed by atoms with Crippen molar-refractivity contribution in [3.05, 3.63) is 101 Å². The van der Waals surface area contributed by atoms with Crippen LogP contribution in [0.5, 0.6) is 0 Å². The van der Waals surface area contributed by atoms with Gasteiger partial charge in [0.25, 0.3) is 5.92 Å². The number of Topliss-reactive ketones (excluding diaryl/α,β-unsaturated/α-hetero) is 1. The molecule has 4 aliphatic rings. The first kappa shape index (κ1) is 35.1. The van der Waals surface area contributed by atoms with Crippen molar-refractivity contribution in [1.82, 2.24) is 14.8 Å². The Morgan fingerprint density at radius 3 is 2.33 bits per heavy atom. The SMILES string of the molecule is CC1CC1.CCn1cc(C)cn1.CN.C[C@H]1CCC2=CC(Nc3ccc(F)cc3)=C3CCC(F)(F)c4ccnc(c4)C(=O)[C@@]2(C3)C1. The molecule has 248 valence electrons. The number of nitrogens with zero attached hydrogens (tertiary/aromatic N) is 3. The molecule has 9 heteroatoms. The Morgan fingerprint density at radius 2 is 1.74 bits per heavy atom. The molecule has 4 aliphatic carbocycles. The highest BCUT2D eigenvalue weighted by atomic mass is 19.3. The van der Waals surface area contributed by atoms with E-state index in [1.165, 1.54) is 55.9 Å². The Bertz CT molecular complexity index is 1540.